The fraction of sp³-hybridized carbons (Fsp3) is 0.286. The van der Waals surface area contributed by atoms with Crippen LogP contribution in [0.5, 0.6) is 5.75 Å². The molecule has 0 heterocycles. The van der Waals surface area contributed by atoms with Crippen LogP contribution >= 0.6 is 0 Å². The van der Waals surface area contributed by atoms with E-state index in [-0.39, 0.29) is 23.6 Å². The minimum atomic E-state index is -4.50. The molecule has 0 aliphatic carbocycles. The zero-order chi connectivity index (χ0) is 16.8. The smallest absolute Gasteiger partial charge is 0.422 e. The molecule has 0 aromatic heterocycles. The van der Waals surface area contributed by atoms with Gasteiger partial charge < -0.3 is 14.8 Å². The zero-order valence-electron chi connectivity index (χ0n) is 11.7. The average Bonchev–Trinajstić information content (AvgIpc) is 2.44. The van der Waals surface area contributed by atoms with Gasteiger partial charge in [-0.05, 0) is 25.1 Å². The molecule has 22 heavy (non-hydrogen) atoms. The molecule has 5 nitrogen and oxygen atoms in total. The molecule has 0 saturated heterocycles. The van der Waals surface area contributed by atoms with Crippen molar-refractivity contribution in [1.82, 2.24) is 0 Å². The Hall–Kier alpha value is -2.51. The Kier molecular flexibility index (Phi) is 5.97. The summed E-state index contributed by atoms with van der Waals surface area (Å²) in [6.07, 6.45) is -3.54. The second kappa shape index (κ2) is 7.48. The summed E-state index contributed by atoms with van der Waals surface area (Å²) < 4.78 is 45.8. The predicted octanol–water partition coefficient (Wildman–Crippen LogP) is 2.93. The van der Waals surface area contributed by atoms with E-state index >= 15 is 0 Å². The third-order valence-electron chi connectivity index (χ3n) is 2.33. The number of anilines is 1. The van der Waals surface area contributed by atoms with E-state index in [4.69, 9.17) is 4.74 Å². The summed E-state index contributed by atoms with van der Waals surface area (Å²) in [6, 6.07) is 3.50. The number of carbonyl (C=O) groups excluding carboxylic acids is 2. The Morgan fingerprint density at radius 3 is 2.59 bits per heavy atom. The summed E-state index contributed by atoms with van der Waals surface area (Å²) in [5.74, 6) is -1.49. The first-order valence-corrected chi connectivity index (χ1v) is 6.21. The molecule has 0 bridgehead atoms. The molecule has 0 unspecified atom stereocenters. The lowest BCUT2D eigenvalue weighted by atomic mass is 10.1. The fourth-order valence-electron chi connectivity index (χ4n) is 1.45. The lowest BCUT2D eigenvalue weighted by Gasteiger charge is -2.13. The number of halogens is 3. The van der Waals surface area contributed by atoms with E-state index in [1.165, 1.54) is 12.1 Å². The molecule has 1 N–H and O–H groups in total. The Morgan fingerprint density at radius 1 is 1.36 bits per heavy atom. The normalized spacial score (nSPS) is 10.7. The van der Waals surface area contributed by atoms with Gasteiger partial charge in [0.15, 0.2) is 6.61 Å². The van der Waals surface area contributed by atoms with Crippen LogP contribution in [-0.4, -0.2) is 31.3 Å². The number of alkyl halides is 3. The summed E-state index contributed by atoms with van der Waals surface area (Å²) in [6.45, 7) is 3.47. The minimum absolute atomic E-state index is 0.00333. The van der Waals surface area contributed by atoms with Gasteiger partial charge in [0, 0.05) is 6.07 Å². The molecule has 0 aliphatic heterocycles. The third kappa shape index (κ3) is 5.47. The molecular formula is C14H14F3NO4. The van der Waals surface area contributed by atoms with Crippen LogP contribution in [0.15, 0.2) is 30.9 Å². The first-order chi connectivity index (χ1) is 10.3. The molecule has 1 aromatic rings. The van der Waals surface area contributed by atoms with Crippen molar-refractivity contribution in [2.45, 2.75) is 13.1 Å². The van der Waals surface area contributed by atoms with Crippen LogP contribution in [-0.2, 0) is 9.53 Å². The van der Waals surface area contributed by atoms with Gasteiger partial charge in [0.2, 0.25) is 5.91 Å². The lowest BCUT2D eigenvalue weighted by molar-refractivity contribution is -0.153. The minimum Gasteiger partial charge on any atom is -0.484 e. The van der Waals surface area contributed by atoms with E-state index < -0.39 is 24.7 Å². The second-order valence-electron chi connectivity index (χ2n) is 4.03. The Bertz CT molecular complexity index is 570. The maximum absolute atomic E-state index is 12.1. The van der Waals surface area contributed by atoms with Gasteiger partial charge in [-0.1, -0.05) is 6.58 Å². The highest BCUT2D eigenvalue weighted by Gasteiger charge is 2.28. The maximum Gasteiger partial charge on any atom is 0.422 e. The van der Waals surface area contributed by atoms with Crippen molar-refractivity contribution in [3.63, 3.8) is 0 Å². The SMILES string of the molecule is C=CC(=O)Nc1cc(OCC(F)(F)F)ccc1C(=O)OCC. The van der Waals surface area contributed by atoms with Gasteiger partial charge in [-0.15, -0.1) is 0 Å². The highest BCUT2D eigenvalue weighted by atomic mass is 19.4. The molecule has 1 aromatic carbocycles. The van der Waals surface area contributed by atoms with E-state index in [0.717, 1.165) is 12.1 Å². The van der Waals surface area contributed by atoms with E-state index in [9.17, 15) is 22.8 Å². The van der Waals surface area contributed by atoms with E-state index in [1.54, 1.807) is 6.92 Å². The quantitative estimate of drug-likeness (QED) is 0.647. The molecule has 8 heteroatoms. The number of benzene rings is 1. The summed E-state index contributed by atoms with van der Waals surface area (Å²) in [5, 5.41) is 2.32. The van der Waals surface area contributed by atoms with Gasteiger partial charge in [0.05, 0.1) is 17.9 Å². The topological polar surface area (TPSA) is 64.6 Å². The van der Waals surface area contributed by atoms with E-state index in [0.29, 0.717) is 0 Å². The first-order valence-electron chi connectivity index (χ1n) is 6.21. The summed E-state index contributed by atoms with van der Waals surface area (Å²) in [4.78, 5) is 23.1. The number of carbonyl (C=O) groups is 2. The lowest BCUT2D eigenvalue weighted by Crippen LogP contribution is -2.19. The number of hydrogen-bond donors (Lipinski definition) is 1. The average molecular weight is 317 g/mol. The predicted molar refractivity (Wildman–Crippen MR) is 72.8 cm³/mol. The molecular weight excluding hydrogens is 303 g/mol. The molecule has 1 rings (SSSR count). The van der Waals surface area contributed by atoms with Gasteiger partial charge in [-0.25, -0.2) is 4.79 Å². The second-order valence-corrected chi connectivity index (χ2v) is 4.03. The van der Waals surface area contributed by atoms with Gasteiger partial charge in [0.1, 0.15) is 5.75 Å². The van der Waals surface area contributed by atoms with Gasteiger partial charge in [-0.2, -0.15) is 13.2 Å². The molecule has 0 aliphatic rings. The molecule has 0 fully saturated rings. The number of amides is 1. The number of hydrogen-bond acceptors (Lipinski definition) is 4. The fourth-order valence-corrected chi connectivity index (χ4v) is 1.45. The molecule has 0 radical (unpaired) electrons. The number of rotatable bonds is 6. The van der Waals surface area contributed by atoms with Crippen LogP contribution < -0.4 is 10.1 Å². The molecule has 0 saturated carbocycles. The highest BCUT2D eigenvalue weighted by Crippen LogP contribution is 2.25. The number of ether oxygens (including phenoxy) is 2. The van der Waals surface area contributed by atoms with E-state index in [2.05, 4.69) is 16.6 Å². The molecule has 0 atom stereocenters. The highest BCUT2D eigenvalue weighted by molar-refractivity contribution is 6.05. The van der Waals surface area contributed by atoms with Gasteiger partial charge in [-0.3, -0.25) is 4.79 Å². The van der Waals surface area contributed by atoms with Crippen LogP contribution in [0.3, 0.4) is 0 Å². The van der Waals surface area contributed by atoms with Crippen LogP contribution in [0.4, 0.5) is 18.9 Å². The Morgan fingerprint density at radius 2 is 2.05 bits per heavy atom. The Balaban J connectivity index is 3.05. The largest absolute Gasteiger partial charge is 0.484 e. The van der Waals surface area contributed by atoms with Crippen molar-refractivity contribution < 1.29 is 32.2 Å². The van der Waals surface area contributed by atoms with Crippen molar-refractivity contribution >= 4 is 17.6 Å². The summed E-state index contributed by atoms with van der Waals surface area (Å²) in [5.41, 5.74) is -0.0283. The molecule has 1 amide bonds. The molecule has 0 spiro atoms. The summed E-state index contributed by atoms with van der Waals surface area (Å²) in [7, 11) is 0. The number of nitrogens with one attached hydrogen (secondary N) is 1. The van der Waals surface area contributed by atoms with Crippen LogP contribution in [0.1, 0.15) is 17.3 Å². The van der Waals surface area contributed by atoms with Crippen molar-refractivity contribution in [1.29, 1.82) is 0 Å². The van der Waals surface area contributed by atoms with Crippen molar-refractivity contribution in [3.05, 3.63) is 36.4 Å². The van der Waals surface area contributed by atoms with Crippen molar-refractivity contribution in [2.24, 2.45) is 0 Å². The maximum atomic E-state index is 12.1. The zero-order valence-corrected chi connectivity index (χ0v) is 11.7. The first kappa shape index (κ1) is 17.5. The van der Waals surface area contributed by atoms with Crippen molar-refractivity contribution in [2.75, 3.05) is 18.5 Å². The van der Waals surface area contributed by atoms with Gasteiger partial charge in [0.25, 0.3) is 0 Å². The van der Waals surface area contributed by atoms with Crippen molar-refractivity contribution in [3.8, 4) is 5.75 Å². The number of esters is 1. The third-order valence-corrected chi connectivity index (χ3v) is 2.33. The van der Waals surface area contributed by atoms with Crippen LogP contribution in [0.2, 0.25) is 0 Å². The standard InChI is InChI=1S/C14H14F3NO4/c1-3-12(19)18-11-7-9(22-8-14(15,16)17)5-6-10(11)13(20)21-4-2/h3,5-7H,1,4,8H2,2H3,(H,18,19). The van der Waals surface area contributed by atoms with Crippen LogP contribution in [0.25, 0.3) is 0 Å². The molecule has 120 valence electrons. The van der Waals surface area contributed by atoms with E-state index in [1.807, 2.05) is 0 Å². The Labute approximate surface area is 124 Å². The summed E-state index contributed by atoms with van der Waals surface area (Å²) >= 11 is 0. The van der Waals surface area contributed by atoms with Gasteiger partial charge >= 0.3 is 12.1 Å². The monoisotopic (exact) mass is 317 g/mol. The van der Waals surface area contributed by atoms with Crippen LogP contribution in [0, 0.1) is 0 Å².